The summed E-state index contributed by atoms with van der Waals surface area (Å²) in [7, 11) is 0. The van der Waals surface area contributed by atoms with Crippen LogP contribution in [0.25, 0.3) is 22.1 Å². The molecular formula is C20H25N5O2S. The first-order valence-electron chi connectivity index (χ1n) is 9.85. The SMILES string of the molecule is CCOc1ccc2[nH]c3nc(SCC(=O)N[C@H]4CCCC[C@H]4C)nnc3c2c1. The Hall–Kier alpha value is -2.35. The molecule has 3 aromatic rings. The van der Waals surface area contributed by atoms with Gasteiger partial charge >= 0.3 is 0 Å². The maximum atomic E-state index is 12.3. The smallest absolute Gasteiger partial charge is 0.230 e. The van der Waals surface area contributed by atoms with E-state index >= 15 is 0 Å². The number of benzene rings is 1. The minimum Gasteiger partial charge on any atom is -0.494 e. The Morgan fingerprint density at radius 2 is 2.18 bits per heavy atom. The van der Waals surface area contributed by atoms with Crippen LogP contribution in [-0.4, -0.2) is 44.5 Å². The molecule has 1 aliphatic rings. The fourth-order valence-corrected chi connectivity index (χ4v) is 4.36. The van der Waals surface area contributed by atoms with Crippen molar-refractivity contribution in [2.24, 2.45) is 5.92 Å². The topological polar surface area (TPSA) is 92.8 Å². The maximum Gasteiger partial charge on any atom is 0.230 e. The lowest BCUT2D eigenvalue weighted by Crippen LogP contribution is -2.41. The van der Waals surface area contributed by atoms with Crippen LogP contribution in [0, 0.1) is 5.92 Å². The number of carbonyl (C=O) groups excluding carboxylic acids is 1. The lowest BCUT2D eigenvalue weighted by Gasteiger charge is -2.29. The van der Waals surface area contributed by atoms with Gasteiger partial charge in [-0.3, -0.25) is 4.79 Å². The van der Waals surface area contributed by atoms with Crippen LogP contribution < -0.4 is 10.1 Å². The molecule has 1 saturated carbocycles. The molecule has 0 saturated heterocycles. The molecule has 7 nitrogen and oxygen atoms in total. The van der Waals surface area contributed by atoms with Gasteiger partial charge in [0.25, 0.3) is 0 Å². The van der Waals surface area contributed by atoms with Crippen molar-refractivity contribution in [1.29, 1.82) is 0 Å². The van der Waals surface area contributed by atoms with Crippen LogP contribution in [0.5, 0.6) is 5.75 Å². The second-order valence-corrected chi connectivity index (χ2v) is 8.22. The van der Waals surface area contributed by atoms with Gasteiger partial charge in [0.05, 0.1) is 12.4 Å². The molecule has 1 amide bonds. The Kier molecular flexibility index (Phi) is 5.66. The highest BCUT2D eigenvalue weighted by Crippen LogP contribution is 2.27. The summed E-state index contributed by atoms with van der Waals surface area (Å²) >= 11 is 1.31. The number of ether oxygens (including phenoxy) is 1. The van der Waals surface area contributed by atoms with Crippen molar-refractivity contribution in [2.75, 3.05) is 12.4 Å². The lowest BCUT2D eigenvalue weighted by atomic mass is 9.86. The lowest BCUT2D eigenvalue weighted by molar-refractivity contribution is -0.119. The zero-order valence-corrected chi connectivity index (χ0v) is 17.0. The van der Waals surface area contributed by atoms with Crippen molar-refractivity contribution in [3.63, 3.8) is 0 Å². The third-order valence-corrected chi connectivity index (χ3v) is 6.11. The largest absolute Gasteiger partial charge is 0.494 e. The van der Waals surface area contributed by atoms with Gasteiger partial charge in [-0.1, -0.05) is 31.5 Å². The Bertz CT molecular complexity index is 989. The van der Waals surface area contributed by atoms with Crippen LogP contribution in [0.4, 0.5) is 0 Å². The van der Waals surface area contributed by atoms with Crippen molar-refractivity contribution in [3.8, 4) is 5.75 Å². The molecule has 4 rings (SSSR count). The van der Waals surface area contributed by atoms with Gasteiger partial charge in [-0.2, -0.15) is 0 Å². The summed E-state index contributed by atoms with van der Waals surface area (Å²) in [5.41, 5.74) is 2.32. The molecule has 2 heterocycles. The molecule has 0 unspecified atom stereocenters. The zero-order valence-electron chi connectivity index (χ0n) is 16.2. The highest BCUT2D eigenvalue weighted by atomic mass is 32.2. The number of aromatic amines is 1. The molecule has 28 heavy (non-hydrogen) atoms. The van der Waals surface area contributed by atoms with Gasteiger partial charge in [-0.15, -0.1) is 10.2 Å². The first kappa shape index (κ1) is 19.0. The molecular weight excluding hydrogens is 374 g/mol. The molecule has 8 heteroatoms. The molecule has 0 spiro atoms. The Balaban J connectivity index is 1.44. The van der Waals surface area contributed by atoms with E-state index in [0.717, 1.165) is 23.1 Å². The average Bonchev–Trinajstić information content (AvgIpc) is 3.05. The standard InChI is InChI=1S/C20H25N5O2S/c1-3-27-13-8-9-16-14(10-13)18-19(22-16)23-20(25-24-18)28-11-17(26)21-15-7-5-4-6-12(15)2/h8-10,12,15H,3-7,11H2,1-2H3,(H,21,26)(H,22,23,25)/t12-,15+/m1/s1. The van der Waals surface area contributed by atoms with Crippen LogP contribution >= 0.6 is 11.8 Å². The van der Waals surface area contributed by atoms with Crippen LogP contribution in [0.3, 0.4) is 0 Å². The van der Waals surface area contributed by atoms with E-state index in [9.17, 15) is 4.79 Å². The minimum atomic E-state index is 0.0328. The summed E-state index contributed by atoms with van der Waals surface area (Å²) in [6.45, 7) is 4.78. The van der Waals surface area contributed by atoms with Gasteiger partial charge in [-0.05, 0) is 43.9 Å². The Labute approximate surface area is 168 Å². The van der Waals surface area contributed by atoms with E-state index in [1.54, 1.807) is 0 Å². The first-order valence-corrected chi connectivity index (χ1v) is 10.8. The van der Waals surface area contributed by atoms with Crippen molar-refractivity contribution >= 4 is 39.7 Å². The van der Waals surface area contributed by atoms with E-state index in [1.807, 2.05) is 25.1 Å². The van der Waals surface area contributed by atoms with Gasteiger partial charge < -0.3 is 15.0 Å². The third-order valence-electron chi connectivity index (χ3n) is 5.27. The number of nitrogens with zero attached hydrogens (tertiary/aromatic N) is 3. The molecule has 2 atom stereocenters. The number of nitrogens with one attached hydrogen (secondary N) is 2. The van der Waals surface area contributed by atoms with Gasteiger partial charge in [0, 0.05) is 16.9 Å². The maximum absolute atomic E-state index is 12.3. The van der Waals surface area contributed by atoms with Gasteiger partial charge in [0.1, 0.15) is 11.3 Å². The number of hydrogen-bond donors (Lipinski definition) is 2. The van der Waals surface area contributed by atoms with Crippen LogP contribution in [-0.2, 0) is 4.79 Å². The number of hydrogen-bond acceptors (Lipinski definition) is 6. The zero-order chi connectivity index (χ0) is 19.5. The summed E-state index contributed by atoms with van der Waals surface area (Å²) in [6.07, 6.45) is 4.71. The molecule has 148 valence electrons. The molecule has 2 aromatic heterocycles. The summed E-state index contributed by atoms with van der Waals surface area (Å²) in [5.74, 6) is 1.67. The minimum absolute atomic E-state index is 0.0328. The quantitative estimate of drug-likeness (QED) is 0.614. The number of amides is 1. The predicted octanol–water partition coefficient (Wildman–Crippen LogP) is 3.69. The molecule has 2 N–H and O–H groups in total. The molecule has 0 radical (unpaired) electrons. The Morgan fingerprint density at radius 3 is 3.00 bits per heavy atom. The van der Waals surface area contributed by atoms with Crippen LogP contribution in [0.1, 0.15) is 39.5 Å². The predicted molar refractivity (Wildman–Crippen MR) is 111 cm³/mol. The van der Waals surface area contributed by atoms with E-state index in [0.29, 0.717) is 34.6 Å². The van der Waals surface area contributed by atoms with E-state index in [2.05, 4.69) is 32.4 Å². The second kappa shape index (κ2) is 8.34. The molecule has 1 aliphatic carbocycles. The van der Waals surface area contributed by atoms with E-state index in [4.69, 9.17) is 4.74 Å². The molecule has 0 bridgehead atoms. The number of H-pyrrole nitrogens is 1. The van der Waals surface area contributed by atoms with Crippen molar-refractivity contribution < 1.29 is 9.53 Å². The first-order chi connectivity index (χ1) is 13.6. The molecule has 0 aliphatic heterocycles. The number of carbonyl (C=O) groups is 1. The number of rotatable bonds is 6. The van der Waals surface area contributed by atoms with E-state index in [-0.39, 0.29) is 11.9 Å². The fourth-order valence-electron chi connectivity index (χ4n) is 3.76. The molecule has 1 fully saturated rings. The monoisotopic (exact) mass is 399 g/mol. The van der Waals surface area contributed by atoms with Gasteiger partial charge in [0.15, 0.2) is 5.65 Å². The average molecular weight is 400 g/mol. The summed E-state index contributed by atoms with van der Waals surface area (Å²) < 4.78 is 5.56. The van der Waals surface area contributed by atoms with E-state index < -0.39 is 0 Å². The van der Waals surface area contributed by atoms with Crippen LogP contribution in [0.15, 0.2) is 23.4 Å². The third kappa shape index (κ3) is 4.06. The summed E-state index contributed by atoms with van der Waals surface area (Å²) in [6, 6.07) is 6.10. The number of aromatic nitrogens is 4. The number of thioether (sulfide) groups is 1. The fraction of sp³-hybridized carbons (Fsp3) is 0.500. The summed E-state index contributed by atoms with van der Waals surface area (Å²) in [5, 5.41) is 13.1. The van der Waals surface area contributed by atoms with Crippen molar-refractivity contribution in [3.05, 3.63) is 18.2 Å². The highest BCUT2D eigenvalue weighted by Gasteiger charge is 2.23. The van der Waals surface area contributed by atoms with Gasteiger partial charge in [0.2, 0.25) is 11.1 Å². The second-order valence-electron chi connectivity index (χ2n) is 7.28. The Morgan fingerprint density at radius 1 is 1.32 bits per heavy atom. The van der Waals surface area contributed by atoms with Crippen molar-refractivity contribution in [1.82, 2.24) is 25.5 Å². The van der Waals surface area contributed by atoms with Crippen LogP contribution in [0.2, 0.25) is 0 Å². The van der Waals surface area contributed by atoms with Crippen molar-refractivity contribution in [2.45, 2.75) is 50.7 Å². The normalized spacial score (nSPS) is 19.8. The highest BCUT2D eigenvalue weighted by molar-refractivity contribution is 7.99. The summed E-state index contributed by atoms with van der Waals surface area (Å²) in [4.78, 5) is 20.1. The van der Waals surface area contributed by atoms with E-state index in [1.165, 1.54) is 31.0 Å². The van der Waals surface area contributed by atoms with Gasteiger partial charge in [-0.25, -0.2) is 4.98 Å². The molecule has 1 aromatic carbocycles. The number of fused-ring (bicyclic) bond motifs is 3.